The minimum atomic E-state index is -3.65. The number of unbranched alkanes of at least 4 members (excludes halogenated alkanes) is 2. The third-order valence-electron chi connectivity index (χ3n) is 6.87. The monoisotopic (exact) mass is 575 g/mol. The molecule has 11 heteroatoms. The molecule has 0 spiro atoms. The molecule has 0 aliphatic heterocycles. The van der Waals surface area contributed by atoms with Gasteiger partial charge in [0.1, 0.15) is 11.5 Å². The minimum Gasteiger partial charge on any atom is -0.437 e. The predicted molar refractivity (Wildman–Crippen MR) is 154 cm³/mol. The second-order valence-corrected chi connectivity index (χ2v) is 14.8. The summed E-state index contributed by atoms with van der Waals surface area (Å²) >= 11 is 0. The number of carbonyl (C=O) groups is 1. The summed E-state index contributed by atoms with van der Waals surface area (Å²) in [6.07, 6.45) is 4.51. The number of carbonyl (C=O) groups excluding carboxylic acids is 1. The third kappa shape index (κ3) is 7.57. The van der Waals surface area contributed by atoms with Gasteiger partial charge in [0.25, 0.3) is 5.91 Å². The molecule has 1 aliphatic carbocycles. The molecule has 212 valence electrons. The van der Waals surface area contributed by atoms with Gasteiger partial charge >= 0.3 is 0 Å². The second kappa shape index (κ2) is 12.3. The van der Waals surface area contributed by atoms with Crippen LogP contribution in [0.1, 0.15) is 72.1 Å². The van der Waals surface area contributed by atoms with Crippen LogP contribution in [0.2, 0.25) is 0 Å². The smallest absolute Gasteiger partial charge is 0.255 e. The predicted octanol–water partition coefficient (Wildman–Crippen LogP) is 5.57. The number of nitrogens with zero attached hydrogens (tertiary/aromatic N) is 1. The van der Waals surface area contributed by atoms with Gasteiger partial charge in [-0.05, 0) is 57.1 Å². The Kier molecular flexibility index (Phi) is 9.32. The highest BCUT2D eigenvalue weighted by atomic mass is 32.2. The number of nitrogens with one attached hydrogen (secondary N) is 2. The fourth-order valence-corrected chi connectivity index (χ4v) is 7.32. The van der Waals surface area contributed by atoms with E-state index in [0.717, 1.165) is 42.4 Å². The van der Waals surface area contributed by atoms with E-state index in [2.05, 4.69) is 15.0 Å². The van der Waals surface area contributed by atoms with Crippen LogP contribution in [0.25, 0.3) is 22.4 Å². The topological polar surface area (TPSA) is 128 Å². The Bertz CT molecular complexity index is 1480. The summed E-state index contributed by atoms with van der Waals surface area (Å²) in [5.41, 5.74) is 3.79. The van der Waals surface area contributed by atoms with Gasteiger partial charge in [-0.2, -0.15) is 0 Å². The number of aromatic nitrogens is 1. The lowest BCUT2D eigenvalue weighted by atomic mass is 10.0. The van der Waals surface area contributed by atoms with Crippen molar-refractivity contribution in [3.05, 3.63) is 52.7 Å². The van der Waals surface area contributed by atoms with E-state index >= 15 is 0 Å². The van der Waals surface area contributed by atoms with Gasteiger partial charge in [0, 0.05) is 32.0 Å². The second-order valence-electron chi connectivity index (χ2n) is 10.3. The zero-order valence-electron chi connectivity index (χ0n) is 23.1. The molecule has 39 heavy (non-hydrogen) atoms. The van der Waals surface area contributed by atoms with Crippen LogP contribution in [0.15, 0.2) is 34.7 Å². The van der Waals surface area contributed by atoms with Crippen LogP contribution in [0.3, 0.4) is 0 Å². The molecule has 4 rings (SSSR count). The average Bonchev–Trinajstić information content (AvgIpc) is 3.66. The number of sulfonamides is 1. The maximum atomic E-state index is 13.0. The fourth-order valence-electron chi connectivity index (χ4n) is 4.69. The number of pyridine rings is 1. The number of fused-ring (bicyclic) bond motifs is 1. The van der Waals surface area contributed by atoms with Crippen molar-refractivity contribution >= 4 is 34.4 Å². The van der Waals surface area contributed by atoms with Gasteiger partial charge in [-0.1, -0.05) is 36.2 Å². The van der Waals surface area contributed by atoms with Gasteiger partial charge in [0.05, 0.1) is 23.3 Å². The number of hydrogen-bond acceptors (Lipinski definition) is 7. The van der Waals surface area contributed by atoms with Crippen LogP contribution in [0.4, 0.5) is 0 Å². The van der Waals surface area contributed by atoms with Crippen LogP contribution in [-0.2, 0) is 24.9 Å². The van der Waals surface area contributed by atoms with Gasteiger partial charge < -0.3 is 14.3 Å². The van der Waals surface area contributed by atoms with Gasteiger partial charge in [-0.3, -0.25) is 9.36 Å². The molecule has 1 fully saturated rings. The molecule has 3 aromatic rings. The Morgan fingerprint density at radius 3 is 2.54 bits per heavy atom. The highest BCUT2D eigenvalue weighted by Crippen LogP contribution is 2.44. The first-order chi connectivity index (χ1) is 18.5. The van der Waals surface area contributed by atoms with E-state index in [0.29, 0.717) is 48.1 Å². The molecular formula is C28H38N3O6PS. The summed E-state index contributed by atoms with van der Waals surface area (Å²) in [7, 11) is -4.64. The molecule has 1 unspecified atom stereocenters. The number of aryl methyl sites for hydroxylation is 1. The summed E-state index contributed by atoms with van der Waals surface area (Å²) in [6.45, 7) is 6.17. The Morgan fingerprint density at radius 2 is 1.90 bits per heavy atom. The molecule has 0 radical (unpaired) electrons. The van der Waals surface area contributed by atoms with Crippen molar-refractivity contribution < 1.29 is 26.7 Å². The largest absolute Gasteiger partial charge is 0.437 e. The zero-order chi connectivity index (χ0) is 28.2. The van der Waals surface area contributed by atoms with Crippen LogP contribution in [0.5, 0.6) is 0 Å². The lowest BCUT2D eigenvalue weighted by molar-refractivity contribution is 0.0964. The molecule has 9 nitrogen and oxygen atoms in total. The molecule has 0 saturated heterocycles. The number of benzene rings is 1. The normalized spacial score (nSPS) is 15.4. The number of hydrogen-bond donors (Lipinski definition) is 2. The highest BCUT2D eigenvalue weighted by molar-refractivity contribution is 7.88. The lowest BCUT2D eigenvalue weighted by Crippen LogP contribution is -2.27. The molecule has 0 bridgehead atoms. The van der Waals surface area contributed by atoms with E-state index in [1.165, 1.54) is 0 Å². The minimum absolute atomic E-state index is 0.220. The number of rotatable bonds is 14. The van der Waals surface area contributed by atoms with E-state index in [4.69, 9.17) is 8.94 Å². The van der Waals surface area contributed by atoms with E-state index < -0.39 is 17.4 Å². The summed E-state index contributed by atoms with van der Waals surface area (Å²) in [6, 6.07) is 9.57. The van der Waals surface area contributed by atoms with Crippen molar-refractivity contribution in [3.63, 3.8) is 0 Å². The maximum Gasteiger partial charge on any atom is 0.255 e. The summed E-state index contributed by atoms with van der Waals surface area (Å²) < 4.78 is 52.2. The van der Waals surface area contributed by atoms with Gasteiger partial charge in [0.15, 0.2) is 7.37 Å². The Labute approximate surface area is 230 Å². The molecular weight excluding hydrogens is 537 g/mol. The first-order valence-electron chi connectivity index (χ1n) is 13.5. The Hall–Kier alpha value is -2.52. The van der Waals surface area contributed by atoms with Crippen LogP contribution in [0, 0.1) is 6.92 Å². The molecule has 2 N–H and O–H groups in total. The molecule has 2 heterocycles. The Morgan fingerprint density at radius 1 is 1.18 bits per heavy atom. The van der Waals surface area contributed by atoms with Crippen molar-refractivity contribution in [1.82, 2.24) is 15.0 Å². The summed E-state index contributed by atoms with van der Waals surface area (Å²) in [4.78, 5) is 17.6. The van der Waals surface area contributed by atoms with Gasteiger partial charge in [-0.15, -0.1) is 0 Å². The third-order valence-corrected chi connectivity index (χ3v) is 10.1. The van der Waals surface area contributed by atoms with Crippen molar-refractivity contribution in [2.75, 3.05) is 33.0 Å². The van der Waals surface area contributed by atoms with Crippen LogP contribution >= 0.6 is 7.37 Å². The van der Waals surface area contributed by atoms with E-state index in [-0.39, 0.29) is 23.3 Å². The highest BCUT2D eigenvalue weighted by Gasteiger charge is 2.31. The summed E-state index contributed by atoms with van der Waals surface area (Å²) in [5.74, 6) is 0.0878. The maximum absolute atomic E-state index is 13.0. The van der Waals surface area contributed by atoms with Crippen molar-refractivity contribution in [2.45, 2.75) is 57.6 Å². The molecule has 1 atom stereocenters. The standard InChI is InChI=1S/C28H38N3O6PS/c1-5-36-38(4,33)16-8-6-7-15-30-39(34,35)18-24-22(20-13-14-20)17-23-25(27(32)29-3)26(37-28(23)31-24)21-11-9-19(2)10-12-21/h9-12,17,20,30H,5-8,13-16,18H2,1-4H3,(H,29,32). The molecule has 1 aromatic carbocycles. The molecule has 1 amide bonds. The molecule has 1 saturated carbocycles. The van der Waals surface area contributed by atoms with Crippen LogP contribution < -0.4 is 10.0 Å². The summed E-state index contributed by atoms with van der Waals surface area (Å²) in [5, 5.41) is 3.28. The van der Waals surface area contributed by atoms with Crippen molar-refractivity contribution in [3.8, 4) is 11.3 Å². The first kappa shape index (κ1) is 29.5. The zero-order valence-corrected chi connectivity index (χ0v) is 24.8. The van der Waals surface area contributed by atoms with Gasteiger partial charge in [-0.25, -0.2) is 18.1 Å². The number of amides is 1. The average molecular weight is 576 g/mol. The van der Waals surface area contributed by atoms with Gasteiger partial charge in [0.2, 0.25) is 15.7 Å². The van der Waals surface area contributed by atoms with E-state index in [1.54, 1.807) is 13.7 Å². The first-order valence-corrected chi connectivity index (χ1v) is 17.4. The fraction of sp³-hybridized carbons (Fsp3) is 0.500. The van der Waals surface area contributed by atoms with Crippen molar-refractivity contribution in [1.29, 1.82) is 0 Å². The number of furan rings is 1. The van der Waals surface area contributed by atoms with E-state index in [9.17, 15) is 17.8 Å². The quantitative estimate of drug-likeness (QED) is 0.190. The van der Waals surface area contributed by atoms with E-state index in [1.807, 2.05) is 44.2 Å². The lowest BCUT2D eigenvalue weighted by Gasteiger charge is -2.12. The molecule has 2 aromatic heterocycles. The SMILES string of the molecule is CCOP(C)(=O)CCCCCNS(=O)(=O)Cc1nc2oc(-c3ccc(C)cc3)c(C(=O)NC)c2cc1C1CC1. The molecule has 1 aliphatic rings. The Balaban J connectivity index is 1.53. The van der Waals surface area contributed by atoms with Crippen LogP contribution in [-0.4, -0.2) is 52.3 Å². The van der Waals surface area contributed by atoms with Crippen molar-refractivity contribution in [2.24, 2.45) is 0 Å².